The number of furan rings is 1. The number of aliphatic hydroxyl groups is 1. The number of amides is 1. The van der Waals surface area contributed by atoms with Gasteiger partial charge in [-0.15, -0.1) is 0 Å². The van der Waals surface area contributed by atoms with Crippen LogP contribution in [0.15, 0.2) is 65.1 Å². The van der Waals surface area contributed by atoms with Crippen LogP contribution in [0.2, 0.25) is 0 Å². The second kappa shape index (κ2) is 8.84. The molecule has 2 aromatic carbocycles. The summed E-state index contributed by atoms with van der Waals surface area (Å²) >= 11 is 0. The van der Waals surface area contributed by atoms with Gasteiger partial charge in [0.05, 0.1) is 11.7 Å². The second-order valence-corrected chi connectivity index (χ2v) is 5.94. The fourth-order valence-corrected chi connectivity index (χ4v) is 2.49. The smallest absolute Gasteiger partial charge is 0.287 e. The van der Waals surface area contributed by atoms with Gasteiger partial charge >= 0.3 is 0 Å². The van der Waals surface area contributed by atoms with Gasteiger partial charge in [-0.25, -0.2) is 4.39 Å². The highest BCUT2D eigenvalue weighted by molar-refractivity contribution is 5.91. The first-order chi connectivity index (χ1) is 13.6. The van der Waals surface area contributed by atoms with Crippen LogP contribution in [-0.2, 0) is 6.61 Å². The van der Waals surface area contributed by atoms with Gasteiger partial charge in [0.15, 0.2) is 5.76 Å². The molecule has 0 bridgehead atoms. The zero-order chi connectivity index (χ0) is 19.9. The third-order valence-electron chi connectivity index (χ3n) is 3.97. The Morgan fingerprint density at radius 3 is 2.68 bits per heavy atom. The third kappa shape index (κ3) is 4.75. The fraction of sp³-hybridized carbons (Fsp3) is 0.143. The molecule has 28 heavy (non-hydrogen) atoms. The highest BCUT2D eigenvalue weighted by Gasteiger charge is 2.14. The maximum Gasteiger partial charge on any atom is 0.287 e. The first-order valence-electron chi connectivity index (χ1n) is 8.49. The van der Waals surface area contributed by atoms with Crippen LogP contribution in [0.4, 0.5) is 4.39 Å². The molecule has 1 aromatic heterocycles. The minimum absolute atomic E-state index is 0.0491. The number of para-hydroxylation sites is 1. The first-order valence-corrected chi connectivity index (χ1v) is 8.49. The highest BCUT2D eigenvalue weighted by atomic mass is 19.1. The summed E-state index contributed by atoms with van der Waals surface area (Å²) in [5, 5.41) is 21.7. The van der Waals surface area contributed by atoms with Crippen molar-refractivity contribution in [3.63, 3.8) is 0 Å². The van der Waals surface area contributed by atoms with Gasteiger partial charge in [0.2, 0.25) is 0 Å². The van der Waals surface area contributed by atoms with E-state index < -0.39 is 17.8 Å². The summed E-state index contributed by atoms with van der Waals surface area (Å²) in [6.45, 7) is 0.0106. The molecule has 0 aliphatic carbocycles. The van der Waals surface area contributed by atoms with E-state index in [1.54, 1.807) is 30.3 Å². The number of nitrogens with zero attached hydrogens (tertiary/aromatic N) is 1. The summed E-state index contributed by atoms with van der Waals surface area (Å²) < 4.78 is 23.9. The van der Waals surface area contributed by atoms with E-state index in [1.807, 2.05) is 6.07 Å². The van der Waals surface area contributed by atoms with Crippen LogP contribution in [0.1, 0.15) is 33.5 Å². The van der Waals surface area contributed by atoms with E-state index in [0.29, 0.717) is 22.6 Å². The third-order valence-corrected chi connectivity index (χ3v) is 3.97. The number of hydrogen-bond donors (Lipinski definition) is 2. The maximum absolute atomic E-state index is 12.9. The lowest BCUT2D eigenvalue weighted by Crippen LogP contribution is -2.28. The molecule has 7 heteroatoms. The van der Waals surface area contributed by atoms with Crippen molar-refractivity contribution in [1.82, 2.24) is 5.32 Å². The van der Waals surface area contributed by atoms with E-state index in [4.69, 9.17) is 14.4 Å². The molecule has 2 N–H and O–H groups in total. The molecule has 1 unspecified atom stereocenters. The minimum Gasteiger partial charge on any atom is -0.484 e. The number of nitriles is 1. The SMILES string of the molecule is N#Cc1ccccc1OCc1ccc(C(=O)NCC(O)c2ccc(F)cc2)o1. The Labute approximate surface area is 160 Å². The molecule has 3 rings (SSSR count). The highest BCUT2D eigenvalue weighted by Crippen LogP contribution is 2.19. The average molecular weight is 380 g/mol. The predicted octanol–water partition coefficient (Wildman–Crippen LogP) is 3.33. The number of aliphatic hydroxyl groups excluding tert-OH is 1. The minimum atomic E-state index is -0.968. The van der Waals surface area contributed by atoms with Crippen molar-refractivity contribution in [2.24, 2.45) is 0 Å². The van der Waals surface area contributed by atoms with Gasteiger partial charge in [-0.05, 0) is 42.0 Å². The summed E-state index contributed by atoms with van der Waals surface area (Å²) in [7, 11) is 0. The molecule has 142 valence electrons. The molecule has 1 atom stereocenters. The number of rotatable bonds is 7. The van der Waals surface area contributed by atoms with Crippen LogP contribution in [0, 0.1) is 17.1 Å². The Morgan fingerprint density at radius 2 is 1.93 bits per heavy atom. The van der Waals surface area contributed by atoms with Crippen LogP contribution in [0.25, 0.3) is 0 Å². The van der Waals surface area contributed by atoms with Crippen LogP contribution in [0.3, 0.4) is 0 Å². The number of carbonyl (C=O) groups excluding carboxylic acids is 1. The monoisotopic (exact) mass is 380 g/mol. The normalized spacial score (nSPS) is 11.5. The number of carbonyl (C=O) groups is 1. The number of benzene rings is 2. The predicted molar refractivity (Wildman–Crippen MR) is 97.9 cm³/mol. The Balaban J connectivity index is 1.53. The first kappa shape index (κ1) is 19.1. The molecule has 1 amide bonds. The summed E-state index contributed by atoms with van der Waals surface area (Å²) in [5.74, 6) is 0.0119. The van der Waals surface area contributed by atoms with Crippen molar-refractivity contribution in [3.8, 4) is 11.8 Å². The summed E-state index contributed by atoms with van der Waals surface area (Å²) in [6, 6.07) is 17.3. The lowest BCUT2D eigenvalue weighted by molar-refractivity contribution is 0.0885. The van der Waals surface area contributed by atoms with Crippen molar-refractivity contribution >= 4 is 5.91 Å². The van der Waals surface area contributed by atoms with Crippen LogP contribution < -0.4 is 10.1 Å². The molecule has 6 nitrogen and oxygen atoms in total. The van der Waals surface area contributed by atoms with E-state index in [0.717, 1.165) is 0 Å². The van der Waals surface area contributed by atoms with Crippen molar-refractivity contribution in [3.05, 3.63) is 89.1 Å². The summed E-state index contributed by atoms with van der Waals surface area (Å²) in [4.78, 5) is 12.2. The molecular formula is C21H17FN2O4. The Bertz CT molecular complexity index is 992. The lowest BCUT2D eigenvalue weighted by atomic mass is 10.1. The van der Waals surface area contributed by atoms with E-state index in [1.165, 1.54) is 30.3 Å². The van der Waals surface area contributed by atoms with Gasteiger partial charge in [0, 0.05) is 6.54 Å². The van der Waals surface area contributed by atoms with E-state index in [9.17, 15) is 14.3 Å². The standard InChI is InChI=1S/C21H17FN2O4/c22-16-7-5-14(6-8-16)18(25)12-24-21(26)20-10-9-17(28-20)13-27-19-4-2-1-3-15(19)11-23/h1-10,18,25H,12-13H2,(H,24,26). The summed E-state index contributed by atoms with van der Waals surface area (Å²) in [6.07, 6.45) is -0.968. The molecule has 0 saturated heterocycles. The van der Waals surface area contributed by atoms with E-state index in [2.05, 4.69) is 5.32 Å². The number of nitrogens with one attached hydrogen (secondary N) is 1. The van der Waals surface area contributed by atoms with E-state index in [-0.39, 0.29) is 18.9 Å². The van der Waals surface area contributed by atoms with Gasteiger partial charge in [-0.3, -0.25) is 4.79 Å². The summed E-state index contributed by atoms with van der Waals surface area (Å²) in [5.41, 5.74) is 0.896. The van der Waals surface area contributed by atoms with Crippen molar-refractivity contribution < 1.29 is 23.4 Å². The Hall–Kier alpha value is -3.63. The molecule has 1 heterocycles. The topological polar surface area (TPSA) is 95.5 Å². The maximum atomic E-state index is 12.9. The number of ether oxygens (including phenoxy) is 1. The van der Waals surface area contributed by atoms with Crippen molar-refractivity contribution in [2.45, 2.75) is 12.7 Å². The largest absolute Gasteiger partial charge is 0.484 e. The van der Waals surface area contributed by atoms with Gasteiger partial charge in [0.25, 0.3) is 5.91 Å². The zero-order valence-electron chi connectivity index (χ0n) is 14.8. The Kier molecular flexibility index (Phi) is 6.04. The van der Waals surface area contributed by atoms with Crippen LogP contribution in [0.5, 0.6) is 5.75 Å². The number of hydrogen-bond acceptors (Lipinski definition) is 5. The lowest BCUT2D eigenvalue weighted by Gasteiger charge is -2.11. The quantitative estimate of drug-likeness (QED) is 0.655. The van der Waals surface area contributed by atoms with Gasteiger partial charge in [0.1, 0.15) is 30.0 Å². The van der Waals surface area contributed by atoms with Crippen LogP contribution in [-0.4, -0.2) is 17.6 Å². The molecular weight excluding hydrogens is 363 g/mol. The molecule has 0 aliphatic heterocycles. The number of halogens is 1. The zero-order valence-corrected chi connectivity index (χ0v) is 14.8. The second-order valence-electron chi connectivity index (χ2n) is 5.94. The molecule has 0 saturated carbocycles. The molecule has 0 aliphatic rings. The molecule has 0 radical (unpaired) electrons. The average Bonchev–Trinajstić information content (AvgIpc) is 3.20. The van der Waals surface area contributed by atoms with Gasteiger partial charge in [-0.2, -0.15) is 5.26 Å². The van der Waals surface area contributed by atoms with Gasteiger partial charge in [-0.1, -0.05) is 24.3 Å². The molecule has 0 spiro atoms. The Morgan fingerprint density at radius 1 is 1.18 bits per heavy atom. The molecule has 3 aromatic rings. The molecule has 0 fully saturated rings. The van der Waals surface area contributed by atoms with Crippen molar-refractivity contribution in [1.29, 1.82) is 5.26 Å². The van der Waals surface area contributed by atoms with E-state index >= 15 is 0 Å². The fourth-order valence-electron chi connectivity index (χ4n) is 2.49. The van der Waals surface area contributed by atoms with Crippen LogP contribution >= 0.6 is 0 Å². The van der Waals surface area contributed by atoms with Crippen molar-refractivity contribution in [2.75, 3.05) is 6.54 Å². The van der Waals surface area contributed by atoms with Gasteiger partial charge < -0.3 is 19.6 Å².